The molecule has 0 aliphatic carbocycles. The van der Waals surface area contributed by atoms with Crippen LogP contribution in [0.4, 0.5) is 4.39 Å². The molecule has 0 spiro atoms. The van der Waals surface area contributed by atoms with Gasteiger partial charge in [0.1, 0.15) is 25.1 Å². The molecule has 0 saturated heterocycles. The fourth-order valence-corrected chi connectivity index (χ4v) is 3.52. The Bertz CT molecular complexity index is 1210. The summed E-state index contributed by atoms with van der Waals surface area (Å²) in [5, 5.41) is 13.3. The highest BCUT2D eigenvalue weighted by Crippen LogP contribution is 2.26. The second-order valence-corrected chi connectivity index (χ2v) is 8.14. The number of carbonyl (C=O) groups excluding carboxylic acids is 1. The Morgan fingerprint density at radius 2 is 1.66 bits per heavy atom. The third-order valence-corrected chi connectivity index (χ3v) is 5.48. The number of aliphatic hydroxyl groups excluding tert-OH is 1. The van der Waals surface area contributed by atoms with Crippen LogP contribution in [0, 0.1) is 5.82 Å². The van der Waals surface area contributed by atoms with Crippen molar-refractivity contribution in [3.05, 3.63) is 83.7 Å². The van der Waals surface area contributed by atoms with Gasteiger partial charge in [-0.25, -0.2) is 9.18 Å². The summed E-state index contributed by atoms with van der Waals surface area (Å²) in [6.45, 7) is 1.35. The predicted molar refractivity (Wildman–Crippen MR) is 142 cm³/mol. The second kappa shape index (κ2) is 14.6. The molecule has 2 N–H and O–H groups in total. The van der Waals surface area contributed by atoms with Crippen LogP contribution in [0.5, 0.6) is 23.0 Å². The Hall–Kier alpha value is -4.08. The summed E-state index contributed by atoms with van der Waals surface area (Å²) < 4.78 is 40.3. The average Bonchev–Trinajstić information content (AvgIpc) is 2.95. The molecule has 1 unspecified atom stereocenters. The number of esters is 1. The number of rotatable bonds is 14. The zero-order valence-electron chi connectivity index (χ0n) is 21.6. The molecule has 202 valence electrons. The molecule has 3 aromatic carbocycles. The normalized spacial score (nSPS) is 12.0. The number of hydrogen-bond acceptors (Lipinski definition) is 8. The van der Waals surface area contributed by atoms with Gasteiger partial charge in [0.25, 0.3) is 0 Å². The number of aliphatic hydroxyl groups is 1. The van der Waals surface area contributed by atoms with E-state index in [9.17, 15) is 14.3 Å². The number of ether oxygens (including phenoxy) is 5. The quantitative estimate of drug-likeness (QED) is 0.141. The molecule has 0 heterocycles. The van der Waals surface area contributed by atoms with Crippen LogP contribution in [0.25, 0.3) is 11.6 Å². The smallest absolute Gasteiger partial charge is 0.338 e. The van der Waals surface area contributed by atoms with Crippen LogP contribution in [0.3, 0.4) is 0 Å². The number of halogens is 1. The van der Waals surface area contributed by atoms with Gasteiger partial charge in [0.15, 0.2) is 23.1 Å². The van der Waals surface area contributed by atoms with E-state index < -0.39 is 17.9 Å². The van der Waals surface area contributed by atoms with Crippen molar-refractivity contribution < 1.29 is 38.0 Å². The standard InChI is InChI=1S/C29H32FNO7/c1-34-26-6-4-5-7-27(26)37-15-14-31-18-22(32)19-38-23-11-9-21(10-12-23)24(29(33)36-3)16-20-8-13-25(30)28(17-20)35-2/h4-13,16-17,22,31-32H,14-15,18-19H2,1-3H3. The number of carbonyl (C=O) groups is 1. The minimum atomic E-state index is -0.736. The van der Waals surface area contributed by atoms with Crippen molar-refractivity contribution in [2.24, 2.45) is 0 Å². The predicted octanol–water partition coefficient (Wildman–Crippen LogP) is 3.96. The molecule has 0 aliphatic rings. The second-order valence-electron chi connectivity index (χ2n) is 8.14. The fourth-order valence-electron chi connectivity index (χ4n) is 3.52. The summed E-state index contributed by atoms with van der Waals surface area (Å²) in [6.07, 6.45) is 0.858. The molecule has 1 atom stereocenters. The number of hydrogen-bond donors (Lipinski definition) is 2. The molecule has 0 radical (unpaired) electrons. The summed E-state index contributed by atoms with van der Waals surface area (Å²) in [6, 6.07) is 18.5. The van der Waals surface area contributed by atoms with Crippen molar-refractivity contribution in [2.45, 2.75) is 6.10 Å². The van der Waals surface area contributed by atoms with Crippen molar-refractivity contribution in [2.75, 3.05) is 47.6 Å². The minimum absolute atomic E-state index is 0.0729. The van der Waals surface area contributed by atoms with Crippen LogP contribution in [0.1, 0.15) is 11.1 Å². The lowest BCUT2D eigenvalue weighted by Crippen LogP contribution is -2.33. The number of benzene rings is 3. The van der Waals surface area contributed by atoms with Crippen LogP contribution in [0.15, 0.2) is 66.7 Å². The van der Waals surface area contributed by atoms with Gasteiger partial charge in [0, 0.05) is 13.1 Å². The lowest BCUT2D eigenvalue weighted by molar-refractivity contribution is -0.133. The first-order chi connectivity index (χ1) is 18.4. The summed E-state index contributed by atoms with van der Waals surface area (Å²) >= 11 is 0. The Kier molecular flexibility index (Phi) is 11.0. The highest BCUT2D eigenvalue weighted by Gasteiger charge is 2.14. The summed E-state index contributed by atoms with van der Waals surface area (Å²) in [5.41, 5.74) is 1.45. The van der Waals surface area contributed by atoms with Crippen LogP contribution in [0.2, 0.25) is 0 Å². The van der Waals surface area contributed by atoms with Gasteiger partial charge in [0.05, 0.1) is 26.9 Å². The van der Waals surface area contributed by atoms with Crippen LogP contribution < -0.4 is 24.3 Å². The molecule has 0 amide bonds. The summed E-state index contributed by atoms with van der Waals surface area (Å²) in [4.78, 5) is 12.4. The van der Waals surface area contributed by atoms with Crippen molar-refractivity contribution in [3.63, 3.8) is 0 Å². The Morgan fingerprint density at radius 1 is 0.947 bits per heavy atom. The van der Waals surface area contributed by atoms with Gasteiger partial charge >= 0.3 is 5.97 Å². The molecule has 0 bridgehead atoms. The van der Waals surface area contributed by atoms with Gasteiger partial charge in [-0.1, -0.05) is 30.3 Å². The Labute approximate surface area is 221 Å². The third-order valence-electron chi connectivity index (χ3n) is 5.48. The number of methoxy groups -OCH3 is 3. The molecule has 9 heteroatoms. The van der Waals surface area contributed by atoms with E-state index in [1.54, 1.807) is 43.5 Å². The SMILES string of the molecule is COC(=O)C(=Cc1ccc(F)c(OC)c1)c1ccc(OCC(O)CNCCOc2ccccc2OC)cc1. The third kappa shape index (κ3) is 8.22. The fraction of sp³-hybridized carbons (Fsp3) is 0.276. The summed E-state index contributed by atoms with van der Waals surface area (Å²) in [7, 11) is 4.25. The molecular weight excluding hydrogens is 493 g/mol. The molecule has 0 aromatic heterocycles. The zero-order chi connectivity index (χ0) is 27.3. The van der Waals surface area contributed by atoms with E-state index in [0.717, 1.165) is 0 Å². The van der Waals surface area contributed by atoms with E-state index in [2.05, 4.69) is 5.32 Å². The molecular formula is C29H32FNO7. The van der Waals surface area contributed by atoms with E-state index in [1.807, 2.05) is 24.3 Å². The summed E-state index contributed by atoms with van der Waals surface area (Å²) in [5.74, 6) is 0.884. The Morgan fingerprint density at radius 3 is 2.34 bits per heavy atom. The molecule has 8 nitrogen and oxygen atoms in total. The van der Waals surface area contributed by atoms with Gasteiger partial charge in [-0.05, 0) is 53.6 Å². The topological polar surface area (TPSA) is 95.5 Å². The molecule has 0 saturated carbocycles. The van der Waals surface area contributed by atoms with Gasteiger partial charge in [0.2, 0.25) is 0 Å². The number of nitrogens with one attached hydrogen (secondary N) is 1. The highest BCUT2D eigenvalue weighted by atomic mass is 19.1. The van der Waals surface area contributed by atoms with Crippen molar-refractivity contribution in [3.8, 4) is 23.0 Å². The average molecular weight is 526 g/mol. The highest BCUT2D eigenvalue weighted by molar-refractivity contribution is 6.21. The van der Waals surface area contributed by atoms with Crippen LogP contribution in [-0.4, -0.2) is 64.8 Å². The first-order valence-corrected chi connectivity index (χ1v) is 12.0. The van der Waals surface area contributed by atoms with Crippen LogP contribution >= 0.6 is 0 Å². The molecule has 3 rings (SSSR count). The van der Waals surface area contributed by atoms with Gasteiger partial charge in [-0.3, -0.25) is 0 Å². The largest absolute Gasteiger partial charge is 0.494 e. The lowest BCUT2D eigenvalue weighted by Gasteiger charge is -2.14. The van der Waals surface area contributed by atoms with Crippen molar-refractivity contribution in [1.29, 1.82) is 0 Å². The minimum Gasteiger partial charge on any atom is -0.494 e. The van der Waals surface area contributed by atoms with Gasteiger partial charge in [-0.2, -0.15) is 0 Å². The maximum absolute atomic E-state index is 13.7. The number of para-hydroxylation sites is 2. The molecule has 0 fully saturated rings. The molecule has 38 heavy (non-hydrogen) atoms. The monoisotopic (exact) mass is 525 g/mol. The molecule has 0 aliphatic heterocycles. The van der Waals surface area contributed by atoms with Crippen molar-refractivity contribution >= 4 is 17.6 Å². The van der Waals surface area contributed by atoms with E-state index in [4.69, 9.17) is 23.7 Å². The van der Waals surface area contributed by atoms with E-state index >= 15 is 0 Å². The van der Waals surface area contributed by atoms with E-state index in [1.165, 1.54) is 26.4 Å². The first-order valence-electron chi connectivity index (χ1n) is 12.0. The maximum atomic E-state index is 13.7. The maximum Gasteiger partial charge on any atom is 0.338 e. The van der Waals surface area contributed by atoms with Crippen LogP contribution in [-0.2, 0) is 9.53 Å². The van der Waals surface area contributed by atoms with Crippen molar-refractivity contribution in [1.82, 2.24) is 5.32 Å². The van der Waals surface area contributed by atoms with E-state index in [0.29, 0.717) is 48.1 Å². The zero-order valence-corrected chi connectivity index (χ0v) is 21.6. The van der Waals surface area contributed by atoms with E-state index in [-0.39, 0.29) is 17.9 Å². The van der Waals surface area contributed by atoms with Gasteiger partial charge in [-0.15, -0.1) is 0 Å². The lowest BCUT2D eigenvalue weighted by atomic mass is 10.0. The Balaban J connectivity index is 1.50. The van der Waals surface area contributed by atoms with Gasteiger partial charge < -0.3 is 34.1 Å². The molecule has 3 aromatic rings. The first kappa shape index (κ1) is 28.5.